The molecular formula is C13H7Cl2N3O3. The molecule has 0 fully saturated rings. The molecule has 0 saturated carbocycles. The van der Waals surface area contributed by atoms with Gasteiger partial charge in [0, 0.05) is 16.1 Å². The highest BCUT2D eigenvalue weighted by molar-refractivity contribution is 6.34. The number of imidazole rings is 1. The van der Waals surface area contributed by atoms with Gasteiger partial charge in [0.25, 0.3) is 0 Å². The SMILES string of the molecule is O=[N+]([O-])c1c(Oc2cc(Cl)cc(Cl)c2)nc2ccccn12. The van der Waals surface area contributed by atoms with Gasteiger partial charge < -0.3 is 14.9 Å². The van der Waals surface area contributed by atoms with Crippen molar-refractivity contribution in [3.63, 3.8) is 0 Å². The van der Waals surface area contributed by atoms with Crippen LogP contribution in [0.15, 0.2) is 42.6 Å². The van der Waals surface area contributed by atoms with Gasteiger partial charge >= 0.3 is 11.7 Å². The summed E-state index contributed by atoms with van der Waals surface area (Å²) in [6.07, 6.45) is 1.54. The number of nitrogens with zero attached hydrogens (tertiary/aromatic N) is 3. The van der Waals surface area contributed by atoms with E-state index < -0.39 is 4.92 Å². The molecule has 0 aliphatic rings. The van der Waals surface area contributed by atoms with Crippen molar-refractivity contribution in [1.82, 2.24) is 9.38 Å². The molecule has 0 saturated heterocycles. The zero-order valence-corrected chi connectivity index (χ0v) is 11.9. The zero-order valence-electron chi connectivity index (χ0n) is 10.4. The maximum atomic E-state index is 11.2. The molecule has 0 amide bonds. The van der Waals surface area contributed by atoms with Crippen molar-refractivity contribution in [2.75, 3.05) is 0 Å². The lowest BCUT2D eigenvalue weighted by Gasteiger charge is -2.03. The van der Waals surface area contributed by atoms with Crippen LogP contribution in [0.25, 0.3) is 5.65 Å². The van der Waals surface area contributed by atoms with E-state index in [0.717, 1.165) is 0 Å². The number of halogens is 2. The van der Waals surface area contributed by atoms with Crippen LogP contribution in [0.1, 0.15) is 0 Å². The summed E-state index contributed by atoms with van der Waals surface area (Å²) in [7, 11) is 0. The second-order valence-electron chi connectivity index (χ2n) is 4.13. The first-order valence-electron chi connectivity index (χ1n) is 5.80. The zero-order chi connectivity index (χ0) is 15.0. The van der Waals surface area contributed by atoms with Gasteiger partial charge in [-0.05, 0) is 29.2 Å². The number of aromatic nitrogens is 2. The van der Waals surface area contributed by atoms with E-state index in [1.54, 1.807) is 18.2 Å². The minimum absolute atomic E-state index is 0.121. The van der Waals surface area contributed by atoms with Crippen LogP contribution < -0.4 is 4.74 Å². The molecule has 0 spiro atoms. The summed E-state index contributed by atoms with van der Waals surface area (Å²) in [4.78, 5) is 14.8. The normalized spacial score (nSPS) is 10.8. The lowest BCUT2D eigenvalue weighted by Crippen LogP contribution is -1.96. The van der Waals surface area contributed by atoms with Crippen LogP contribution in [-0.2, 0) is 0 Å². The Morgan fingerprint density at radius 3 is 2.57 bits per heavy atom. The van der Waals surface area contributed by atoms with Gasteiger partial charge in [0.2, 0.25) is 5.65 Å². The topological polar surface area (TPSA) is 69.7 Å². The number of nitro groups is 1. The minimum Gasteiger partial charge on any atom is -0.432 e. The van der Waals surface area contributed by atoms with Gasteiger partial charge in [-0.1, -0.05) is 29.3 Å². The van der Waals surface area contributed by atoms with E-state index in [0.29, 0.717) is 15.7 Å². The summed E-state index contributed by atoms with van der Waals surface area (Å²) in [5.41, 5.74) is 0.410. The predicted octanol–water partition coefficient (Wildman–Crippen LogP) is 4.34. The Hall–Kier alpha value is -2.31. The number of hydrogen-bond acceptors (Lipinski definition) is 4. The summed E-state index contributed by atoms with van der Waals surface area (Å²) in [6.45, 7) is 0. The molecule has 0 N–H and O–H groups in total. The number of ether oxygens (including phenoxy) is 1. The van der Waals surface area contributed by atoms with Gasteiger partial charge in [-0.3, -0.25) is 0 Å². The Morgan fingerprint density at radius 2 is 1.90 bits per heavy atom. The summed E-state index contributed by atoms with van der Waals surface area (Å²) in [5, 5.41) is 12.0. The first-order valence-corrected chi connectivity index (χ1v) is 6.55. The quantitative estimate of drug-likeness (QED) is 0.531. The minimum atomic E-state index is -0.554. The molecule has 1 aromatic carbocycles. The molecule has 0 aliphatic carbocycles. The molecule has 0 radical (unpaired) electrons. The van der Waals surface area contributed by atoms with Gasteiger partial charge in [0.1, 0.15) is 5.75 Å². The first kappa shape index (κ1) is 13.7. The summed E-state index contributed by atoms with van der Waals surface area (Å²) in [6, 6.07) is 9.58. The summed E-state index contributed by atoms with van der Waals surface area (Å²) < 4.78 is 6.81. The standard InChI is InChI=1S/C13H7Cl2N3O3/c14-8-5-9(15)7-10(6-8)21-12-13(18(19)20)17-4-2-1-3-11(17)16-12/h1-7H. The van der Waals surface area contributed by atoms with E-state index in [4.69, 9.17) is 27.9 Å². The Morgan fingerprint density at radius 1 is 1.19 bits per heavy atom. The van der Waals surface area contributed by atoms with Crippen molar-refractivity contribution < 1.29 is 9.66 Å². The van der Waals surface area contributed by atoms with Crippen molar-refractivity contribution in [2.45, 2.75) is 0 Å². The smallest absolute Gasteiger partial charge is 0.392 e. The lowest BCUT2D eigenvalue weighted by atomic mass is 10.3. The monoisotopic (exact) mass is 323 g/mol. The van der Waals surface area contributed by atoms with Gasteiger partial charge in [-0.25, -0.2) is 0 Å². The molecule has 8 heteroatoms. The van der Waals surface area contributed by atoms with Crippen LogP contribution in [0.5, 0.6) is 11.6 Å². The van der Waals surface area contributed by atoms with Gasteiger partial charge in [0.05, 0.1) is 6.20 Å². The van der Waals surface area contributed by atoms with Crippen LogP contribution in [0.2, 0.25) is 10.0 Å². The Balaban J connectivity index is 2.11. The third-order valence-electron chi connectivity index (χ3n) is 2.70. The molecule has 21 heavy (non-hydrogen) atoms. The van der Waals surface area contributed by atoms with Gasteiger partial charge in [-0.15, -0.1) is 0 Å². The Kier molecular flexibility index (Phi) is 3.40. The van der Waals surface area contributed by atoms with Crippen LogP contribution in [0, 0.1) is 10.1 Å². The van der Waals surface area contributed by atoms with Crippen LogP contribution in [0.3, 0.4) is 0 Å². The lowest BCUT2D eigenvalue weighted by molar-refractivity contribution is -0.391. The van der Waals surface area contributed by atoms with E-state index >= 15 is 0 Å². The van der Waals surface area contributed by atoms with Crippen molar-refractivity contribution in [3.05, 3.63) is 62.8 Å². The second kappa shape index (κ2) is 5.23. The van der Waals surface area contributed by atoms with E-state index in [1.165, 1.54) is 28.8 Å². The largest absolute Gasteiger partial charge is 0.432 e. The van der Waals surface area contributed by atoms with Crippen LogP contribution in [0.4, 0.5) is 5.82 Å². The van der Waals surface area contributed by atoms with E-state index in [-0.39, 0.29) is 17.4 Å². The fraction of sp³-hybridized carbons (Fsp3) is 0. The van der Waals surface area contributed by atoms with E-state index in [1.807, 2.05) is 0 Å². The van der Waals surface area contributed by atoms with Crippen molar-refractivity contribution in [1.29, 1.82) is 0 Å². The average molecular weight is 324 g/mol. The average Bonchev–Trinajstić information content (AvgIpc) is 2.75. The number of pyridine rings is 1. The van der Waals surface area contributed by atoms with Crippen molar-refractivity contribution in [3.8, 4) is 11.6 Å². The molecule has 106 valence electrons. The summed E-state index contributed by atoms with van der Waals surface area (Å²) >= 11 is 11.7. The second-order valence-corrected chi connectivity index (χ2v) is 5.01. The van der Waals surface area contributed by atoms with Gasteiger partial charge in [-0.2, -0.15) is 9.38 Å². The maximum absolute atomic E-state index is 11.2. The third-order valence-corrected chi connectivity index (χ3v) is 3.13. The molecular weight excluding hydrogens is 317 g/mol. The Bertz CT molecular complexity index is 828. The first-order chi connectivity index (χ1) is 10.0. The van der Waals surface area contributed by atoms with Crippen LogP contribution in [-0.4, -0.2) is 14.3 Å². The highest BCUT2D eigenvalue weighted by atomic mass is 35.5. The maximum Gasteiger partial charge on any atom is 0.392 e. The summed E-state index contributed by atoms with van der Waals surface area (Å²) in [5.74, 6) is -0.106. The molecule has 2 aromatic heterocycles. The highest BCUT2D eigenvalue weighted by Gasteiger charge is 2.24. The molecule has 0 bridgehead atoms. The molecule has 6 nitrogen and oxygen atoms in total. The number of fused-ring (bicyclic) bond motifs is 1. The van der Waals surface area contributed by atoms with E-state index in [2.05, 4.69) is 4.98 Å². The molecule has 0 atom stereocenters. The third kappa shape index (κ3) is 2.63. The van der Waals surface area contributed by atoms with Gasteiger partial charge in [0.15, 0.2) is 0 Å². The highest BCUT2D eigenvalue weighted by Crippen LogP contribution is 2.33. The molecule has 0 aliphatic heterocycles. The molecule has 0 unspecified atom stereocenters. The molecule has 2 heterocycles. The van der Waals surface area contributed by atoms with Crippen molar-refractivity contribution in [2.24, 2.45) is 0 Å². The number of hydrogen-bond donors (Lipinski definition) is 0. The number of rotatable bonds is 3. The number of benzene rings is 1. The fourth-order valence-electron chi connectivity index (χ4n) is 1.89. The van der Waals surface area contributed by atoms with Crippen molar-refractivity contribution >= 4 is 34.7 Å². The van der Waals surface area contributed by atoms with E-state index in [9.17, 15) is 10.1 Å². The fourth-order valence-corrected chi connectivity index (χ4v) is 2.40. The molecule has 3 rings (SSSR count). The Labute approximate surface area is 128 Å². The molecule has 3 aromatic rings. The predicted molar refractivity (Wildman–Crippen MR) is 78.4 cm³/mol. The van der Waals surface area contributed by atoms with Crippen LogP contribution >= 0.6 is 23.2 Å².